The molecule has 2 aromatic carbocycles. The molecule has 21 heavy (non-hydrogen) atoms. The maximum Gasteiger partial charge on any atom is 0.00683 e. The van der Waals surface area contributed by atoms with Gasteiger partial charge in [-0.2, -0.15) is 0 Å². The fourth-order valence-corrected chi connectivity index (χ4v) is 2.84. The lowest BCUT2D eigenvalue weighted by Gasteiger charge is -2.18. The normalized spacial score (nSPS) is 15.9. The lowest BCUT2D eigenvalue weighted by Crippen LogP contribution is -2.27. The molecule has 1 fully saturated rings. The molecule has 1 aliphatic rings. The SMILES string of the molecule is Cc1ccc(CC(CNC2CC2)Cc2ccccc2)cc1. The fraction of sp³-hybridized carbons (Fsp3) is 0.400. The van der Waals surface area contributed by atoms with Crippen LogP contribution < -0.4 is 5.32 Å². The highest BCUT2D eigenvalue weighted by molar-refractivity contribution is 5.22. The second kappa shape index (κ2) is 6.91. The van der Waals surface area contributed by atoms with E-state index >= 15 is 0 Å². The molecule has 0 saturated heterocycles. The Kier molecular flexibility index (Phi) is 4.72. The summed E-state index contributed by atoms with van der Waals surface area (Å²) in [6, 6.07) is 20.7. The Labute approximate surface area is 128 Å². The average Bonchev–Trinajstić information content (AvgIpc) is 3.32. The van der Waals surface area contributed by atoms with E-state index in [0.29, 0.717) is 5.92 Å². The summed E-state index contributed by atoms with van der Waals surface area (Å²) in [5.74, 6) is 0.677. The van der Waals surface area contributed by atoms with Gasteiger partial charge in [0.05, 0.1) is 0 Å². The number of hydrogen-bond donors (Lipinski definition) is 1. The summed E-state index contributed by atoms with van der Waals surface area (Å²) in [4.78, 5) is 0. The summed E-state index contributed by atoms with van der Waals surface area (Å²) in [6.07, 6.45) is 5.05. The molecule has 3 rings (SSSR count). The van der Waals surface area contributed by atoms with Gasteiger partial charge in [-0.1, -0.05) is 60.2 Å². The predicted molar refractivity (Wildman–Crippen MR) is 89.5 cm³/mol. The molecular weight excluding hydrogens is 254 g/mol. The van der Waals surface area contributed by atoms with E-state index in [1.54, 1.807) is 0 Å². The zero-order valence-electron chi connectivity index (χ0n) is 12.9. The molecule has 0 amide bonds. The van der Waals surface area contributed by atoms with Crippen molar-refractivity contribution in [1.29, 1.82) is 0 Å². The third-order valence-electron chi connectivity index (χ3n) is 4.28. The first-order chi connectivity index (χ1) is 10.3. The summed E-state index contributed by atoms with van der Waals surface area (Å²) >= 11 is 0. The molecule has 1 heteroatoms. The van der Waals surface area contributed by atoms with Crippen LogP contribution in [0.25, 0.3) is 0 Å². The van der Waals surface area contributed by atoms with Crippen LogP contribution in [-0.4, -0.2) is 12.6 Å². The van der Waals surface area contributed by atoms with E-state index in [9.17, 15) is 0 Å². The van der Waals surface area contributed by atoms with Crippen LogP contribution in [0.15, 0.2) is 54.6 Å². The van der Waals surface area contributed by atoms with E-state index in [4.69, 9.17) is 0 Å². The van der Waals surface area contributed by atoms with Crippen LogP contribution in [0.5, 0.6) is 0 Å². The number of hydrogen-bond acceptors (Lipinski definition) is 1. The molecule has 1 aliphatic carbocycles. The summed E-state index contributed by atoms with van der Waals surface area (Å²) in [6.45, 7) is 3.29. The van der Waals surface area contributed by atoms with Crippen LogP contribution in [-0.2, 0) is 12.8 Å². The lowest BCUT2D eigenvalue weighted by molar-refractivity contribution is 0.469. The Bertz CT molecular complexity index is 540. The van der Waals surface area contributed by atoms with Crippen LogP contribution in [0, 0.1) is 12.8 Å². The Morgan fingerprint density at radius 3 is 2.14 bits per heavy atom. The quantitative estimate of drug-likeness (QED) is 0.803. The smallest absolute Gasteiger partial charge is 0.00683 e. The predicted octanol–water partition coefficient (Wildman–Crippen LogP) is 4.15. The summed E-state index contributed by atoms with van der Waals surface area (Å²) < 4.78 is 0. The number of nitrogens with one attached hydrogen (secondary N) is 1. The summed E-state index contributed by atoms with van der Waals surface area (Å²) in [7, 11) is 0. The van der Waals surface area contributed by atoms with Crippen LogP contribution in [0.1, 0.15) is 29.5 Å². The van der Waals surface area contributed by atoms with E-state index in [2.05, 4.69) is 66.8 Å². The minimum atomic E-state index is 0.677. The van der Waals surface area contributed by atoms with E-state index < -0.39 is 0 Å². The molecule has 110 valence electrons. The zero-order chi connectivity index (χ0) is 14.5. The molecule has 1 nitrogen and oxygen atoms in total. The monoisotopic (exact) mass is 279 g/mol. The highest BCUT2D eigenvalue weighted by Gasteiger charge is 2.22. The van der Waals surface area contributed by atoms with Crippen molar-refractivity contribution in [1.82, 2.24) is 5.32 Å². The first kappa shape index (κ1) is 14.3. The van der Waals surface area contributed by atoms with Gasteiger partial charge in [-0.15, -0.1) is 0 Å². The highest BCUT2D eigenvalue weighted by Crippen LogP contribution is 2.21. The van der Waals surface area contributed by atoms with Crippen molar-refractivity contribution in [3.63, 3.8) is 0 Å². The first-order valence-corrected chi connectivity index (χ1v) is 8.12. The van der Waals surface area contributed by atoms with Crippen LogP contribution in [0.4, 0.5) is 0 Å². The molecule has 1 unspecified atom stereocenters. The summed E-state index contributed by atoms with van der Waals surface area (Å²) in [5.41, 5.74) is 4.25. The Morgan fingerprint density at radius 2 is 1.52 bits per heavy atom. The first-order valence-electron chi connectivity index (χ1n) is 8.12. The Balaban J connectivity index is 1.64. The van der Waals surface area contributed by atoms with Crippen molar-refractivity contribution < 1.29 is 0 Å². The van der Waals surface area contributed by atoms with Gasteiger partial charge in [0.25, 0.3) is 0 Å². The molecule has 0 aromatic heterocycles. The van der Waals surface area contributed by atoms with Crippen LogP contribution >= 0.6 is 0 Å². The molecule has 1 N–H and O–H groups in total. The van der Waals surface area contributed by atoms with Gasteiger partial charge in [0.1, 0.15) is 0 Å². The van der Waals surface area contributed by atoms with Crippen molar-refractivity contribution in [2.24, 2.45) is 5.92 Å². The van der Waals surface area contributed by atoms with Crippen molar-refractivity contribution >= 4 is 0 Å². The molecule has 1 saturated carbocycles. The molecule has 0 aliphatic heterocycles. The van der Waals surface area contributed by atoms with Gasteiger partial charge in [0, 0.05) is 6.04 Å². The summed E-state index contributed by atoms with van der Waals surface area (Å²) in [5, 5.41) is 3.71. The molecule has 0 spiro atoms. The molecular formula is C20H25N. The Morgan fingerprint density at radius 1 is 0.905 bits per heavy atom. The third-order valence-corrected chi connectivity index (χ3v) is 4.28. The van der Waals surface area contributed by atoms with Crippen molar-refractivity contribution in [2.45, 2.75) is 38.6 Å². The number of aryl methyl sites for hydroxylation is 1. The van der Waals surface area contributed by atoms with Crippen molar-refractivity contribution in [2.75, 3.05) is 6.54 Å². The van der Waals surface area contributed by atoms with E-state index in [1.807, 2.05) is 0 Å². The Hall–Kier alpha value is -1.60. The van der Waals surface area contributed by atoms with Crippen LogP contribution in [0.2, 0.25) is 0 Å². The zero-order valence-corrected chi connectivity index (χ0v) is 12.9. The molecule has 0 heterocycles. The van der Waals surface area contributed by atoms with Gasteiger partial charge in [-0.05, 0) is 56.2 Å². The molecule has 0 bridgehead atoms. The van der Waals surface area contributed by atoms with Crippen LogP contribution in [0.3, 0.4) is 0 Å². The fourth-order valence-electron chi connectivity index (χ4n) is 2.84. The van der Waals surface area contributed by atoms with Gasteiger partial charge in [0.15, 0.2) is 0 Å². The van der Waals surface area contributed by atoms with Gasteiger partial charge in [-0.25, -0.2) is 0 Å². The topological polar surface area (TPSA) is 12.0 Å². The minimum absolute atomic E-state index is 0.677. The third kappa shape index (κ3) is 4.71. The maximum atomic E-state index is 3.71. The van der Waals surface area contributed by atoms with E-state index in [0.717, 1.165) is 25.4 Å². The van der Waals surface area contributed by atoms with Gasteiger partial charge >= 0.3 is 0 Å². The highest BCUT2D eigenvalue weighted by atomic mass is 14.9. The number of benzene rings is 2. The second-order valence-corrected chi connectivity index (χ2v) is 6.43. The minimum Gasteiger partial charge on any atom is -0.314 e. The maximum absolute atomic E-state index is 3.71. The van der Waals surface area contributed by atoms with Crippen molar-refractivity contribution in [3.8, 4) is 0 Å². The molecule has 2 aromatic rings. The lowest BCUT2D eigenvalue weighted by atomic mass is 9.92. The standard InChI is InChI=1S/C20H25N/c1-16-7-9-18(10-8-16)14-19(15-21-20-11-12-20)13-17-5-3-2-4-6-17/h2-10,19-21H,11-15H2,1H3. The average molecular weight is 279 g/mol. The van der Waals surface area contributed by atoms with Gasteiger partial charge in [0.2, 0.25) is 0 Å². The molecule has 0 radical (unpaired) electrons. The van der Waals surface area contributed by atoms with E-state index in [1.165, 1.54) is 29.5 Å². The van der Waals surface area contributed by atoms with Gasteiger partial charge in [-0.3, -0.25) is 0 Å². The van der Waals surface area contributed by atoms with Crippen molar-refractivity contribution in [3.05, 3.63) is 71.3 Å². The second-order valence-electron chi connectivity index (χ2n) is 6.43. The van der Waals surface area contributed by atoms with E-state index in [-0.39, 0.29) is 0 Å². The molecule has 1 atom stereocenters. The number of rotatable bonds is 7. The van der Waals surface area contributed by atoms with Gasteiger partial charge < -0.3 is 5.32 Å². The largest absolute Gasteiger partial charge is 0.314 e.